The smallest absolute Gasteiger partial charge is 0.408 e. The molecule has 1 N–H and O–H groups in total. The normalized spacial score (nSPS) is 15.7. The lowest BCUT2D eigenvalue weighted by atomic mass is 10.1. The second-order valence-corrected chi connectivity index (χ2v) is 10.9. The summed E-state index contributed by atoms with van der Waals surface area (Å²) in [5.74, 6) is 0.749. The molecule has 2 heterocycles. The minimum absolute atomic E-state index is 0.0403. The molecule has 0 bridgehead atoms. The molecule has 7 nitrogen and oxygen atoms in total. The summed E-state index contributed by atoms with van der Waals surface area (Å²) in [6, 6.07) is 5.87. The number of nitrogens with one attached hydrogen (secondary N) is 1. The molecule has 1 aromatic heterocycles. The molecule has 0 saturated carbocycles. The largest absolute Gasteiger partial charge is 0.444 e. The number of hydrogen-bond donors (Lipinski definition) is 1. The number of aromatic nitrogens is 1. The molecule has 1 aliphatic rings. The van der Waals surface area contributed by atoms with Crippen LogP contribution in [0.5, 0.6) is 0 Å². The molecule has 1 fully saturated rings. The van der Waals surface area contributed by atoms with E-state index in [1.165, 1.54) is 10.3 Å². The van der Waals surface area contributed by atoms with E-state index in [0.717, 1.165) is 35.9 Å². The highest BCUT2D eigenvalue weighted by Gasteiger charge is 2.30. The second kappa shape index (κ2) is 10.7. The fourth-order valence-corrected chi connectivity index (χ4v) is 5.15. The Hall–Kier alpha value is -2.00. The molecule has 0 spiro atoms. The lowest BCUT2D eigenvalue weighted by Gasteiger charge is -2.36. The second-order valence-electron chi connectivity index (χ2n) is 8.94. The van der Waals surface area contributed by atoms with Crippen molar-refractivity contribution < 1.29 is 14.3 Å². The van der Waals surface area contributed by atoms with E-state index in [9.17, 15) is 9.59 Å². The molecule has 9 heteroatoms. The number of thiazole rings is 1. The van der Waals surface area contributed by atoms with Gasteiger partial charge in [-0.05, 0) is 63.3 Å². The number of nitrogens with zero attached hydrogens (tertiary/aromatic N) is 3. The molecular formula is C23H34N4O3S2. The van der Waals surface area contributed by atoms with Gasteiger partial charge in [-0.3, -0.25) is 4.79 Å². The summed E-state index contributed by atoms with van der Waals surface area (Å²) < 4.78 is 6.57. The maximum atomic E-state index is 13.2. The van der Waals surface area contributed by atoms with E-state index in [1.807, 2.05) is 31.9 Å². The van der Waals surface area contributed by atoms with Crippen molar-refractivity contribution in [3.63, 3.8) is 0 Å². The first-order valence-electron chi connectivity index (χ1n) is 11.1. The Morgan fingerprint density at radius 1 is 1.25 bits per heavy atom. The van der Waals surface area contributed by atoms with E-state index in [1.54, 1.807) is 23.1 Å². The van der Waals surface area contributed by atoms with Gasteiger partial charge in [-0.25, -0.2) is 9.78 Å². The zero-order valence-corrected chi connectivity index (χ0v) is 21.3. The maximum absolute atomic E-state index is 13.2. The maximum Gasteiger partial charge on any atom is 0.408 e. The molecular weight excluding hydrogens is 444 g/mol. The van der Waals surface area contributed by atoms with Gasteiger partial charge in [-0.15, -0.1) is 0 Å². The molecule has 1 aliphatic heterocycles. The Kier molecular flexibility index (Phi) is 8.27. The van der Waals surface area contributed by atoms with E-state index >= 15 is 0 Å². The monoisotopic (exact) mass is 478 g/mol. The van der Waals surface area contributed by atoms with Crippen molar-refractivity contribution >= 4 is 50.4 Å². The summed E-state index contributed by atoms with van der Waals surface area (Å²) in [5.41, 5.74) is 1.74. The van der Waals surface area contributed by atoms with Crippen molar-refractivity contribution in [3.05, 3.63) is 23.8 Å². The first-order valence-corrected chi connectivity index (χ1v) is 13.3. The molecule has 1 saturated heterocycles. The van der Waals surface area contributed by atoms with E-state index < -0.39 is 17.7 Å². The minimum Gasteiger partial charge on any atom is -0.444 e. The molecule has 2 amide bonds. The van der Waals surface area contributed by atoms with Crippen LogP contribution in [0.3, 0.4) is 0 Å². The predicted molar refractivity (Wildman–Crippen MR) is 134 cm³/mol. The Labute approximate surface area is 198 Å². The van der Waals surface area contributed by atoms with E-state index in [-0.39, 0.29) is 5.91 Å². The van der Waals surface area contributed by atoms with Gasteiger partial charge in [0.2, 0.25) is 5.91 Å². The van der Waals surface area contributed by atoms with Gasteiger partial charge in [-0.2, -0.15) is 11.8 Å². The van der Waals surface area contributed by atoms with Gasteiger partial charge in [0.1, 0.15) is 11.6 Å². The third-order valence-corrected chi connectivity index (χ3v) is 7.03. The van der Waals surface area contributed by atoms with Gasteiger partial charge in [0, 0.05) is 26.2 Å². The minimum atomic E-state index is -0.599. The quantitative estimate of drug-likeness (QED) is 0.644. The molecule has 3 rings (SSSR count). The van der Waals surface area contributed by atoms with E-state index in [0.29, 0.717) is 19.5 Å². The van der Waals surface area contributed by atoms with E-state index in [2.05, 4.69) is 35.3 Å². The summed E-state index contributed by atoms with van der Waals surface area (Å²) in [7, 11) is 0. The summed E-state index contributed by atoms with van der Waals surface area (Å²) in [6.07, 6.45) is 3.04. The molecule has 1 aromatic carbocycles. The summed E-state index contributed by atoms with van der Waals surface area (Å²) in [4.78, 5) is 34.3. The van der Waals surface area contributed by atoms with Crippen LogP contribution in [-0.2, 0) is 16.0 Å². The Bertz CT molecular complexity index is 933. The highest BCUT2D eigenvalue weighted by Crippen LogP contribution is 2.30. The fraction of sp³-hybridized carbons (Fsp3) is 0.609. The lowest BCUT2D eigenvalue weighted by Crippen LogP contribution is -2.55. The van der Waals surface area contributed by atoms with Crippen LogP contribution < -0.4 is 10.2 Å². The standard InChI is InChI=1S/C23H34N4O3S2/c1-6-16-7-8-17-19(15-16)32-21(24-17)27-12-10-26(11-13-27)20(28)18(9-14-31-5)25-22(29)30-23(2,3)4/h7-8,15,18H,6,9-14H2,1-5H3,(H,25,29). The van der Waals surface area contributed by atoms with Crippen molar-refractivity contribution in [2.45, 2.75) is 52.2 Å². The van der Waals surface area contributed by atoms with Gasteiger partial charge in [0.25, 0.3) is 0 Å². The number of fused-ring (bicyclic) bond motifs is 1. The third-order valence-electron chi connectivity index (χ3n) is 5.31. The van der Waals surface area contributed by atoms with Crippen molar-refractivity contribution in [1.82, 2.24) is 15.2 Å². The van der Waals surface area contributed by atoms with E-state index in [4.69, 9.17) is 9.72 Å². The van der Waals surface area contributed by atoms with Crippen LogP contribution >= 0.6 is 23.1 Å². The van der Waals surface area contributed by atoms with Gasteiger partial charge >= 0.3 is 6.09 Å². The van der Waals surface area contributed by atoms with Gasteiger partial charge in [0.05, 0.1) is 10.2 Å². The zero-order chi connectivity index (χ0) is 23.3. The van der Waals surface area contributed by atoms with Crippen molar-refractivity contribution in [1.29, 1.82) is 0 Å². The number of hydrogen-bond acceptors (Lipinski definition) is 7. The highest BCUT2D eigenvalue weighted by molar-refractivity contribution is 7.98. The van der Waals surface area contributed by atoms with Crippen LogP contribution in [0.2, 0.25) is 0 Å². The average molecular weight is 479 g/mol. The Balaban J connectivity index is 1.61. The topological polar surface area (TPSA) is 74.8 Å². The number of rotatable bonds is 7. The van der Waals surface area contributed by atoms with Crippen LogP contribution in [0.15, 0.2) is 18.2 Å². The number of anilines is 1. The predicted octanol–water partition coefficient (Wildman–Crippen LogP) is 4.15. The van der Waals surface area contributed by atoms with Crippen LogP contribution in [0.4, 0.5) is 9.93 Å². The molecule has 1 atom stereocenters. The number of carbonyl (C=O) groups excluding carboxylic acids is 2. The molecule has 1 unspecified atom stereocenters. The number of alkyl carbamates (subject to hydrolysis) is 1. The number of benzene rings is 1. The number of aryl methyl sites for hydroxylation is 1. The molecule has 2 aromatic rings. The number of carbonyl (C=O) groups is 2. The first-order chi connectivity index (χ1) is 15.2. The highest BCUT2D eigenvalue weighted by atomic mass is 32.2. The molecule has 32 heavy (non-hydrogen) atoms. The van der Waals surface area contributed by atoms with Gasteiger partial charge in [-0.1, -0.05) is 24.3 Å². The fourth-order valence-electron chi connectivity index (χ4n) is 3.59. The average Bonchev–Trinajstić information content (AvgIpc) is 3.18. The van der Waals surface area contributed by atoms with Crippen molar-refractivity contribution in [2.24, 2.45) is 0 Å². The molecule has 176 valence electrons. The number of piperazine rings is 1. The first kappa shape index (κ1) is 24.6. The zero-order valence-electron chi connectivity index (χ0n) is 19.6. The Morgan fingerprint density at radius 3 is 2.59 bits per heavy atom. The van der Waals surface area contributed by atoms with Crippen LogP contribution in [0.1, 0.15) is 39.7 Å². The summed E-state index contributed by atoms with van der Waals surface area (Å²) in [5, 5.41) is 3.79. The summed E-state index contributed by atoms with van der Waals surface area (Å²) >= 11 is 3.37. The SMILES string of the molecule is CCc1ccc2nc(N3CCN(C(=O)C(CCSC)NC(=O)OC(C)(C)C)CC3)sc2c1. The number of ether oxygens (including phenoxy) is 1. The molecule has 0 radical (unpaired) electrons. The molecule has 0 aliphatic carbocycles. The van der Waals surface area contributed by atoms with Crippen molar-refractivity contribution in [3.8, 4) is 0 Å². The Morgan fingerprint density at radius 2 is 1.97 bits per heavy atom. The third kappa shape index (κ3) is 6.51. The van der Waals surface area contributed by atoms with Crippen LogP contribution in [0.25, 0.3) is 10.2 Å². The summed E-state index contributed by atoms with van der Waals surface area (Å²) in [6.45, 7) is 10.3. The number of amides is 2. The van der Waals surface area contributed by atoms with Gasteiger partial charge < -0.3 is 19.9 Å². The van der Waals surface area contributed by atoms with Crippen LogP contribution in [-0.4, -0.2) is 71.7 Å². The van der Waals surface area contributed by atoms with Gasteiger partial charge in [0.15, 0.2) is 5.13 Å². The number of thioether (sulfide) groups is 1. The van der Waals surface area contributed by atoms with Crippen molar-refractivity contribution in [2.75, 3.05) is 43.1 Å². The lowest BCUT2D eigenvalue weighted by molar-refractivity contribution is -0.133. The van der Waals surface area contributed by atoms with Crippen LogP contribution in [0, 0.1) is 0 Å².